The van der Waals surface area contributed by atoms with Crippen LogP contribution in [0.25, 0.3) is 0 Å². The molecule has 1 nitrogen and oxygen atoms in total. The summed E-state index contributed by atoms with van der Waals surface area (Å²) in [6.07, 6.45) is 17.7. The van der Waals surface area contributed by atoms with E-state index in [4.69, 9.17) is 0 Å². The zero-order valence-corrected chi connectivity index (χ0v) is 8.45. The summed E-state index contributed by atoms with van der Waals surface area (Å²) in [5.41, 5.74) is 0. The molecule has 0 amide bonds. The Morgan fingerprint density at radius 1 is 1.00 bits per heavy atom. The number of aryl methyl sites for hydroxylation is 1. The SMILES string of the molecule is C#C.CCCCCCn1cccc1. The molecule has 0 bridgehead atoms. The van der Waals surface area contributed by atoms with E-state index in [1.165, 1.54) is 32.2 Å². The van der Waals surface area contributed by atoms with Gasteiger partial charge in [-0.3, -0.25) is 0 Å². The second-order valence-electron chi connectivity index (χ2n) is 2.98. The second-order valence-corrected chi connectivity index (χ2v) is 2.98. The minimum atomic E-state index is 1.19. The predicted molar refractivity (Wildman–Crippen MR) is 58.5 cm³/mol. The van der Waals surface area contributed by atoms with Crippen molar-refractivity contribution in [2.75, 3.05) is 0 Å². The maximum Gasteiger partial charge on any atom is 0.0219 e. The van der Waals surface area contributed by atoms with Crippen LogP contribution in [0.1, 0.15) is 32.6 Å². The summed E-state index contributed by atoms with van der Waals surface area (Å²) in [5.74, 6) is 0. The Bertz CT molecular complexity index is 196. The minimum absolute atomic E-state index is 1.19. The normalized spacial score (nSPS) is 8.85. The van der Waals surface area contributed by atoms with Gasteiger partial charge in [-0.05, 0) is 18.6 Å². The Labute approximate surface area is 81.8 Å². The van der Waals surface area contributed by atoms with E-state index >= 15 is 0 Å². The molecule has 0 aliphatic carbocycles. The van der Waals surface area contributed by atoms with Gasteiger partial charge < -0.3 is 4.57 Å². The van der Waals surface area contributed by atoms with Crippen molar-refractivity contribution in [1.82, 2.24) is 4.57 Å². The predicted octanol–water partition coefficient (Wildman–Crippen LogP) is 3.32. The van der Waals surface area contributed by atoms with Gasteiger partial charge in [0.15, 0.2) is 0 Å². The molecule has 1 rings (SSSR count). The topological polar surface area (TPSA) is 4.93 Å². The van der Waals surface area contributed by atoms with Crippen LogP contribution in [0.2, 0.25) is 0 Å². The van der Waals surface area contributed by atoms with Gasteiger partial charge in [0.2, 0.25) is 0 Å². The smallest absolute Gasteiger partial charge is 0.0219 e. The van der Waals surface area contributed by atoms with E-state index in [9.17, 15) is 0 Å². The highest BCUT2D eigenvalue weighted by Crippen LogP contribution is 2.01. The van der Waals surface area contributed by atoms with E-state index in [2.05, 4.69) is 48.9 Å². The molecule has 1 aromatic rings. The van der Waals surface area contributed by atoms with Gasteiger partial charge >= 0.3 is 0 Å². The number of unbranched alkanes of at least 4 members (excludes halogenated alkanes) is 3. The quantitative estimate of drug-likeness (QED) is 0.480. The molecule has 0 spiro atoms. The highest BCUT2D eigenvalue weighted by Gasteiger charge is 1.88. The average molecular weight is 177 g/mol. The molecule has 0 aliphatic heterocycles. The lowest BCUT2D eigenvalue weighted by Gasteiger charge is -2.00. The number of nitrogens with zero attached hydrogens (tertiary/aromatic N) is 1. The number of rotatable bonds is 5. The summed E-state index contributed by atoms with van der Waals surface area (Å²) < 4.78 is 2.25. The van der Waals surface area contributed by atoms with Crippen molar-refractivity contribution < 1.29 is 0 Å². The van der Waals surface area contributed by atoms with Gasteiger partial charge in [-0.1, -0.05) is 26.2 Å². The van der Waals surface area contributed by atoms with Crippen LogP contribution in [-0.2, 0) is 6.54 Å². The standard InChI is InChI=1S/C10H17N.C2H2/c1-2-3-4-5-8-11-9-6-7-10-11;1-2/h6-7,9-10H,2-5,8H2,1H3;1-2H. The molecule has 0 saturated carbocycles. The fraction of sp³-hybridized carbons (Fsp3) is 0.500. The summed E-state index contributed by atoms with van der Waals surface area (Å²) >= 11 is 0. The van der Waals surface area contributed by atoms with Crippen LogP contribution in [0.5, 0.6) is 0 Å². The first-order valence-electron chi connectivity index (χ1n) is 4.87. The molecule has 72 valence electrons. The van der Waals surface area contributed by atoms with Gasteiger partial charge in [-0.2, -0.15) is 0 Å². The molecule has 1 aromatic heterocycles. The maximum absolute atomic E-state index is 4.00. The molecule has 13 heavy (non-hydrogen) atoms. The Morgan fingerprint density at radius 3 is 2.15 bits per heavy atom. The molecule has 0 saturated heterocycles. The third-order valence-corrected chi connectivity index (χ3v) is 1.94. The van der Waals surface area contributed by atoms with E-state index < -0.39 is 0 Å². The fourth-order valence-electron chi connectivity index (χ4n) is 1.24. The number of terminal acetylenes is 1. The highest BCUT2D eigenvalue weighted by molar-refractivity contribution is 4.89. The number of hydrogen-bond donors (Lipinski definition) is 0. The molecule has 0 unspecified atom stereocenters. The van der Waals surface area contributed by atoms with Crippen LogP contribution in [0.3, 0.4) is 0 Å². The molecule has 0 aromatic carbocycles. The van der Waals surface area contributed by atoms with Crippen molar-refractivity contribution in [3.05, 3.63) is 24.5 Å². The van der Waals surface area contributed by atoms with Gasteiger partial charge in [0.1, 0.15) is 0 Å². The Balaban J connectivity index is 0.000000671. The lowest BCUT2D eigenvalue weighted by atomic mass is 10.2. The molecule has 1 heteroatoms. The summed E-state index contributed by atoms with van der Waals surface area (Å²) in [7, 11) is 0. The van der Waals surface area contributed by atoms with Crippen molar-refractivity contribution >= 4 is 0 Å². The van der Waals surface area contributed by atoms with E-state index in [0.717, 1.165) is 0 Å². The van der Waals surface area contributed by atoms with E-state index in [1.807, 2.05) is 0 Å². The first kappa shape index (κ1) is 11.8. The third-order valence-electron chi connectivity index (χ3n) is 1.94. The molecule has 0 atom stereocenters. The molecule has 1 heterocycles. The third kappa shape index (κ3) is 6.04. The average Bonchev–Trinajstić information content (AvgIpc) is 2.68. The van der Waals surface area contributed by atoms with Crippen molar-refractivity contribution in [1.29, 1.82) is 0 Å². The highest BCUT2D eigenvalue weighted by atomic mass is 14.9. The van der Waals surface area contributed by atoms with Crippen LogP contribution >= 0.6 is 0 Å². The second kappa shape index (κ2) is 8.93. The zero-order valence-electron chi connectivity index (χ0n) is 8.45. The summed E-state index contributed by atoms with van der Waals surface area (Å²) in [5, 5.41) is 0. The summed E-state index contributed by atoms with van der Waals surface area (Å²) in [4.78, 5) is 0. The van der Waals surface area contributed by atoms with Gasteiger partial charge in [-0.25, -0.2) is 0 Å². The van der Waals surface area contributed by atoms with Crippen molar-refractivity contribution in [2.24, 2.45) is 0 Å². The largest absolute Gasteiger partial charge is 0.354 e. The van der Waals surface area contributed by atoms with E-state index in [1.54, 1.807) is 0 Å². The van der Waals surface area contributed by atoms with Crippen LogP contribution in [0, 0.1) is 12.8 Å². The van der Waals surface area contributed by atoms with E-state index in [-0.39, 0.29) is 0 Å². The van der Waals surface area contributed by atoms with E-state index in [0.29, 0.717) is 0 Å². The van der Waals surface area contributed by atoms with Gasteiger partial charge in [0.25, 0.3) is 0 Å². The molecule has 0 radical (unpaired) electrons. The first-order chi connectivity index (χ1) is 6.43. The summed E-state index contributed by atoms with van der Waals surface area (Å²) in [6, 6.07) is 4.17. The molecular weight excluding hydrogens is 158 g/mol. The maximum atomic E-state index is 4.00. The van der Waals surface area contributed by atoms with Crippen LogP contribution < -0.4 is 0 Å². The summed E-state index contributed by atoms with van der Waals surface area (Å²) in [6.45, 7) is 3.43. The lowest BCUT2D eigenvalue weighted by Crippen LogP contribution is -1.93. The van der Waals surface area contributed by atoms with Gasteiger partial charge in [0.05, 0.1) is 0 Å². The monoisotopic (exact) mass is 177 g/mol. The lowest BCUT2D eigenvalue weighted by molar-refractivity contribution is 0.584. The van der Waals surface area contributed by atoms with Crippen molar-refractivity contribution in [2.45, 2.75) is 39.2 Å². The van der Waals surface area contributed by atoms with Gasteiger partial charge in [0, 0.05) is 18.9 Å². The molecule has 0 aliphatic rings. The van der Waals surface area contributed by atoms with Crippen molar-refractivity contribution in [3.63, 3.8) is 0 Å². The van der Waals surface area contributed by atoms with Crippen LogP contribution in [0.4, 0.5) is 0 Å². The van der Waals surface area contributed by atoms with Crippen LogP contribution in [0.15, 0.2) is 24.5 Å². The van der Waals surface area contributed by atoms with Gasteiger partial charge in [-0.15, -0.1) is 12.8 Å². The number of aromatic nitrogens is 1. The van der Waals surface area contributed by atoms with Crippen molar-refractivity contribution in [3.8, 4) is 12.8 Å². The fourth-order valence-corrected chi connectivity index (χ4v) is 1.24. The first-order valence-corrected chi connectivity index (χ1v) is 4.87. The van der Waals surface area contributed by atoms with Crippen LogP contribution in [-0.4, -0.2) is 4.57 Å². The molecule has 0 N–H and O–H groups in total. The Hall–Kier alpha value is -1.16. The number of hydrogen-bond acceptors (Lipinski definition) is 0. The Kier molecular flexibility index (Phi) is 8.14. The minimum Gasteiger partial charge on any atom is -0.354 e. The Morgan fingerprint density at radius 2 is 1.62 bits per heavy atom. The molecular formula is C12H19N. The zero-order chi connectivity index (χ0) is 9.94. The molecule has 0 fully saturated rings.